The SMILES string of the molecule is COc1ccc(S(=O)(=O)N2CCC(N3C(=O)CSC3=O)CC2)cc1. The van der Waals surface area contributed by atoms with Gasteiger partial charge in [0.2, 0.25) is 15.9 Å². The maximum atomic E-state index is 12.7. The Morgan fingerprint density at radius 3 is 2.25 bits per heavy atom. The third-order valence-electron chi connectivity index (χ3n) is 4.27. The first-order valence-corrected chi connectivity index (χ1v) is 9.99. The molecule has 0 saturated carbocycles. The molecule has 0 unspecified atom stereocenters. The lowest BCUT2D eigenvalue weighted by Crippen LogP contribution is -2.48. The van der Waals surface area contributed by atoms with Gasteiger partial charge in [0.05, 0.1) is 17.8 Å². The summed E-state index contributed by atoms with van der Waals surface area (Å²) in [5.41, 5.74) is 0. The number of hydrogen-bond donors (Lipinski definition) is 0. The van der Waals surface area contributed by atoms with Crippen LogP contribution in [0.2, 0.25) is 0 Å². The second kappa shape index (κ2) is 6.73. The number of sulfonamides is 1. The molecule has 24 heavy (non-hydrogen) atoms. The zero-order chi connectivity index (χ0) is 17.3. The number of nitrogens with zero attached hydrogens (tertiary/aromatic N) is 2. The first-order chi connectivity index (χ1) is 11.4. The number of rotatable bonds is 4. The third-order valence-corrected chi connectivity index (χ3v) is 7.02. The van der Waals surface area contributed by atoms with E-state index in [9.17, 15) is 18.0 Å². The normalized spacial score (nSPS) is 20.6. The monoisotopic (exact) mass is 370 g/mol. The molecule has 0 aromatic heterocycles. The first-order valence-electron chi connectivity index (χ1n) is 7.56. The van der Waals surface area contributed by atoms with Crippen molar-refractivity contribution < 1.29 is 22.7 Å². The number of carbonyl (C=O) groups excluding carboxylic acids is 2. The molecule has 1 aromatic rings. The molecule has 0 radical (unpaired) electrons. The van der Waals surface area contributed by atoms with E-state index in [4.69, 9.17) is 4.74 Å². The second-order valence-corrected chi connectivity index (χ2v) is 8.49. The molecule has 2 aliphatic rings. The Labute approximate surface area is 145 Å². The number of carbonyl (C=O) groups is 2. The molecular formula is C15H18N2O5S2. The van der Waals surface area contributed by atoms with E-state index >= 15 is 0 Å². The molecule has 0 atom stereocenters. The number of ether oxygens (including phenoxy) is 1. The van der Waals surface area contributed by atoms with Gasteiger partial charge in [-0.05, 0) is 37.1 Å². The molecule has 2 fully saturated rings. The fraction of sp³-hybridized carbons (Fsp3) is 0.467. The molecule has 3 rings (SSSR count). The zero-order valence-corrected chi connectivity index (χ0v) is 14.8. The minimum absolute atomic E-state index is 0.179. The fourth-order valence-electron chi connectivity index (χ4n) is 2.95. The predicted molar refractivity (Wildman–Crippen MR) is 89.5 cm³/mol. The summed E-state index contributed by atoms with van der Waals surface area (Å²) in [5.74, 6) is 0.598. The average Bonchev–Trinajstić information content (AvgIpc) is 2.93. The minimum Gasteiger partial charge on any atom is -0.497 e. The van der Waals surface area contributed by atoms with Crippen LogP contribution in [0.4, 0.5) is 4.79 Å². The van der Waals surface area contributed by atoms with Crippen LogP contribution in [0.1, 0.15) is 12.8 Å². The van der Waals surface area contributed by atoms with Gasteiger partial charge in [0.25, 0.3) is 5.24 Å². The molecule has 2 amide bonds. The van der Waals surface area contributed by atoms with Crippen molar-refractivity contribution in [1.82, 2.24) is 9.21 Å². The lowest BCUT2D eigenvalue weighted by Gasteiger charge is -2.34. The molecule has 0 aliphatic carbocycles. The Morgan fingerprint density at radius 2 is 1.75 bits per heavy atom. The van der Waals surface area contributed by atoms with Crippen LogP contribution in [-0.4, -0.2) is 60.8 Å². The highest BCUT2D eigenvalue weighted by atomic mass is 32.2. The van der Waals surface area contributed by atoms with Crippen LogP contribution < -0.4 is 4.74 Å². The first kappa shape index (κ1) is 17.2. The van der Waals surface area contributed by atoms with E-state index in [-0.39, 0.29) is 27.8 Å². The van der Waals surface area contributed by atoms with Crippen LogP contribution in [0.3, 0.4) is 0 Å². The summed E-state index contributed by atoms with van der Waals surface area (Å²) >= 11 is 1.01. The molecule has 2 heterocycles. The van der Waals surface area contributed by atoms with Gasteiger partial charge in [-0.2, -0.15) is 4.31 Å². The molecular weight excluding hydrogens is 352 g/mol. The zero-order valence-electron chi connectivity index (χ0n) is 13.2. The third kappa shape index (κ3) is 3.15. The molecule has 0 N–H and O–H groups in total. The molecule has 1 aromatic carbocycles. The van der Waals surface area contributed by atoms with E-state index < -0.39 is 10.0 Å². The Morgan fingerprint density at radius 1 is 1.12 bits per heavy atom. The number of methoxy groups -OCH3 is 1. The van der Waals surface area contributed by atoms with Crippen LogP contribution >= 0.6 is 11.8 Å². The summed E-state index contributed by atoms with van der Waals surface area (Å²) in [6, 6.07) is 6.05. The van der Waals surface area contributed by atoms with Gasteiger partial charge in [0.1, 0.15) is 5.75 Å². The van der Waals surface area contributed by atoms with Crippen molar-refractivity contribution in [3.05, 3.63) is 24.3 Å². The van der Waals surface area contributed by atoms with Gasteiger partial charge in [0, 0.05) is 19.1 Å². The van der Waals surface area contributed by atoms with E-state index in [1.807, 2.05) is 0 Å². The molecule has 0 bridgehead atoms. The topological polar surface area (TPSA) is 84.0 Å². The highest BCUT2D eigenvalue weighted by Crippen LogP contribution is 2.29. The van der Waals surface area contributed by atoms with E-state index in [1.54, 1.807) is 12.1 Å². The summed E-state index contributed by atoms with van der Waals surface area (Å²) in [5, 5.41) is -0.225. The Hall–Kier alpha value is -1.58. The van der Waals surface area contributed by atoms with E-state index in [2.05, 4.69) is 0 Å². The standard InChI is InChI=1S/C15H18N2O5S2/c1-22-12-2-4-13(5-3-12)24(20,21)16-8-6-11(7-9-16)17-14(18)10-23-15(17)19/h2-5,11H,6-10H2,1H3. The van der Waals surface area contributed by atoms with E-state index in [1.165, 1.54) is 28.4 Å². The lowest BCUT2D eigenvalue weighted by atomic mass is 10.1. The highest BCUT2D eigenvalue weighted by molar-refractivity contribution is 8.14. The van der Waals surface area contributed by atoms with Crippen molar-refractivity contribution in [2.75, 3.05) is 26.0 Å². The van der Waals surface area contributed by atoms with Gasteiger partial charge < -0.3 is 4.74 Å². The summed E-state index contributed by atoms with van der Waals surface area (Å²) in [7, 11) is -2.06. The average molecular weight is 370 g/mol. The van der Waals surface area contributed by atoms with Crippen LogP contribution in [0.25, 0.3) is 0 Å². The van der Waals surface area contributed by atoms with Gasteiger partial charge in [-0.15, -0.1) is 0 Å². The quantitative estimate of drug-likeness (QED) is 0.799. The van der Waals surface area contributed by atoms with Gasteiger partial charge >= 0.3 is 0 Å². The fourth-order valence-corrected chi connectivity index (χ4v) is 5.20. The van der Waals surface area contributed by atoms with Gasteiger partial charge in [0.15, 0.2) is 0 Å². The Kier molecular flexibility index (Phi) is 4.84. The number of piperidine rings is 1. The van der Waals surface area contributed by atoms with Crippen LogP contribution in [0, 0.1) is 0 Å². The highest BCUT2D eigenvalue weighted by Gasteiger charge is 2.39. The second-order valence-electron chi connectivity index (χ2n) is 5.63. The minimum atomic E-state index is -3.58. The molecule has 130 valence electrons. The van der Waals surface area contributed by atoms with Gasteiger partial charge in [-0.1, -0.05) is 11.8 Å². The van der Waals surface area contributed by atoms with Gasteiger partial charge in [-0.3, -0.25) is 14.5 Å². The summed E-state index contributed by atoms with van der Waals surface area (Å²) < 4.78 is 31.8. The summed E-state index contributed by atoms with van der Waals surface area (Å²) in [6.45, 7) is 0.585. The smallest absolute Gasteiger partial charge is 0.289 e. The van der Waals surface area contributed by atoms with Crippen molar-refractivity contribution in [1.29, 1.82) is 0 Å². The number of imide groups is 1. The van der Waals surface area contributed by atoms with Crippen molar-refractivity contribution in [2.24, 2.45) is 0 Å². The van der Waals surface area contributed by atoms with Crippen LogP contribution in [0.15, 0.2) is 29.2 Å². The van der Waals surface area contributed by atoms with Crippen molar-refractivity contribution in [3.8, 4) is 5.75 Å². The lowest BCUT2D eigenvalue weighted by molar-refractivity contribution is -0.126. The number of thioether (sulfide) groups is 1. The number of hydrogen-bond acceptors (Lipinski definition) is 6. The van der Waals surface area contributed by atoms with Gasteiger partial charge in [-0.25, -0.2) is 8.42 Å². The van der Waals surface area contributed by atoms with Crippen molar-refractivity contribution >= 4 is 32.9 Å². The van der Waals surface area contributed by atoms with E-state index in [0.29, 0.717) is 31.7 Å². The Bertz CT molecular complexity index is 724. The molecule has 2 saturated heterocycles. The predicted octanol–water partition coefficient (Wildman–Crippen LogP) is 1.54. The summed E-state index contributed by atoms with van der Waals surface area (Å²) in [6.07, 6.45) is 0.931. The molecule has 2 aliphatic heterocycles. The summed E-state index contributed by atoms with van der Waals surface area (Å²) in [4.78, 5) is 25.1. The van der Waals surface area contributed by atoms with E-state index in [0.717, 1.165) is 11.8 Å². The molecule has 7 nitrogen and oxygen atoms in total. The largest absolute Gasteiger partial charge is 0.497 e. The number of amides is 2. The molecule has 0 spiro atoms. The van der Waals surface area contributed by atoms with Crippen molar-refractivity contribution in [3.63, 3.8) is 0 Å². The number of benzene rings is 1. The Balaban J connectivity index is 1.69. The molecule has 9 heteroatoms. The maximum Gasteiger partial charge on any atom is 0.289 e. The van der Waals surface area contributed by atoms with Crippen LogP contribution in [-0.2, 0) is 14.8 Å². The van der Waals surface area contributed by atoms with Crippen molar-refractivity contribution in [2.45, 2.75) is 23.8 Å². The maximum absolute atomic E-state index is 12.7. The van der Waals surface area contributed by atoms with Crippen LogP contribution in [0.5, 0.6) is 5.75 Å².